The zero-order valence-electron chi connectivity index (χ0n) is 18.2. The van der Waals surface area contributed by atoms with E-state index in [4.69, 9.17) is 9.47 Å². The van der Waals surface area contributed by atoms with E-state index >= 15 is 0 Å². The van der Waals surface area contributed by atoms with Crippen LogP contribution in [0, 0.1) is 0 Å². The molecule has 1 aromatic heterocycles. The number of amides is 2. The number of carbonyl (C=O) groups is 1. The lowest BCUT2D eigenvalue weighted by Gasteiger charge is -2.38. The summed E-state index contributed by atoms with van der Waals surface area (Å²) in [7, 11) is 3.26. The molecule has 2 heterocycles. The molecule has 0 spiro atoms. The average Bonchev–Trinajstić information content (AvgIpc) is 3.36. The highest BCUT2D eigenvalue weighted by atomic mass is 16.5. The van der Waals surface area contributed by atoms with E-state index in [1.165, 1.54) is 5.56 Å². The Morgan fingerprint density at radius 3 is 2.74 bits per heavy atom. The second kappa shape index (κ2) is 9.12. The maximum atomic E-state index is 13.7. The number of anilines is 1. The molecule has 3 aromatic rings. The summed E-state index contributed by atoms with van der Waals surface area (Å²) in [5, 5.41) is 0. The molecule has 31 heavy (non-hydrogen) atoms. The minimum atomic E-state index is -0.0161. The van der Waals surface area contributed by atoms with Crippen LogP contribution in [0.1, 0.15) is 24.1 Å². The van der Waals surface area contributed by atoms with Crippen molar-refractivity contribution in [3.63, 3.8) is 0 Å². The highest BCUT2D eigenvalue weighted by molar-refractivity contribution is 5.93. The smallest absolute Gasteiger partial charge is 0.324 e. The van der Waals surface area contributed by atoms with Gasteiger partial charge in [-0.15, -0.1) is 0 Å². The first-order chi connectivity index (χ1) is 15.1. The lowest BCUT2D eigenvalue weighted by atomic mass is 9.98. The van der Waals surface area contributed by atoms with Crippen molar-refractivity contribution in [2.75, 3.05) is 32.2 Å². The van der Waals surface area contributed by atoms with Gasteiger partial charge in [0.1, 0.15) is 11.5 Å². The number of rotatable bonds is 6. The number of imidazole rings is 1. The van der Waals surface area contributed by atoms with Crippen LogP contribution >= 0.6 is 0 Å². The van der Waals surface area contributed by atoms with Crippen LogP contribution in [0.15, 0.2) is 61.2 Å². The largest absolute Gasteiger partial charge is 0.497 e. The van der Waals surface area contributed by atoms with Gasteiger partial charge < -0.3 is 18.9 Å². The molecule has 1 aliphatic heterocycles. The molecule has 7 heteroatoms. The maximum Gasteiger partial charge on any atom is 0.324 e. The van der Waals surface area contributed by atoms with Crippen LogP contribution < -0.4 is 14.4 Å². The predicted octanol–water partition coefficient (Wildman–Crippen LogP) is 4.15. The summed E-state index contributed by atoms with van der Waals surface area (Å²) in [5.74, 6) is 1.43. The molecule has 1 aliphatic rings. The van der Waals surface area contributed by atoms with Gasteiger partial charge in [0.25, 0.3) is 0 Å². The summed E-state index contributed by atoms with van der Waals surface area (Å²) in [6.07, 6.45) is 6.43. The Balaban J connectivity index is 1.62. The fourth-order valence-corrected chi connectivity index (χ4v) is 4.11. The first kappa shape index (κ1) is 20.8. The Morgan fingerprint density at radius 1 is 1.19 bits per heavy atom. The molecule has 1 atom stereocenters. The van der Waals surface area contributed by atoms with Crippen molar-refractivity contribution >= 4 is 11.7 Å². The monoisotopic (exact) mass is 420 g/mol. The van der Waals surface area contributed by atoms with Gasteiger partial charge in [0.2, 0.25) is 0 Å². The molecule has 4 rings (SSSR count). The fraction of sp³-hybridized carbons (Fsp3) is 0.333. The van der Waals surface area contributed by atoms with Crippen molar-refractivity contribution in [1.82, 2.24) is 14.5 Å². The van der Waals surface area contributed by atoms with Crippen LogP contribution in [-0.4, -0.2) is 47.8 Å². The van der Waals surface area contributed by atoms with Gasteiger partial charge in [-0.3, -0.25) is 4.90 Å². The molecule has 0 saturated carbocycles. The SMILES string of the molecule is CCN(Cc1ccc(OC)cc1OC)C(=O)N1C[C@H](n2ccnc2)Cc2ccccc21. The Kier molecular flexibility index (Phi) is 6.11. The number of benzene rings is 2. The highest BCUT2D eigenvalue weighted by Gasteiger charge is 2.31. The van der Waals surface area contributed by atoms with Gasteiger partial charge >= 0.3 is 6.03 Å². The Bertz CT molecular complexity index is 1040. The third-order valence-corrected chi connectivity index (χ3v) is 5.82. The van der Waals surface area contributed by atoms with Gasteiger partial charge in [-0.1, -0.05) is 18.2 Å². The molecule has 0 N–H and O–H groups in total. The number of aromatic nitrogens is 2. The van der Waals surface area contributed by atoms with Crippen molar-refractivity contribution in [2.45, 2.75) is 25.9 Å². The second-order valence-corrected chi connectivity index (χ2v) is 7.58. The topological polar surface area (TPSA) is 59.8 Å². The first-order valence-electron chi connectivity index (χ1n) is 10.5. The molecule has 2 amide bonds. The zero-order valence-corrected chi connectivity index (χ0v) is 18.2. The van der Waals surface area contributed by atoms with Crippen molar-refractivity contribution in [3.8, 4) is 11.5 Å². The summed E-state index contributed by atoms with van der Waals surface area (Å²) in [6, 6.07) is 14.0. The van der Waals surface area contributed by atoms with E-state index in [1.54, 1.807) is 20.4 Å². The quantitative estimate of drug-likeness (QED) is 0.601. The molecule has 162 valence electrons. The normalized spacial score (nSPS) is 15.3. The highest BCUT2D eigenvalue weighted by Crippen LogP contribution is 2.33. The van der Waals surface area contributed by atoms with E-state index in [0.717, 1.165) is 23.4 Å². The number of fused-ring (bicyclic) bond motifs is 1. The molecule has 7 nitrogen and oxygen atoms in total. The van der Waals surface area contributed by atoms with Gasteiger partial charge in [0.15, 0.2) is 0 Å². The second-order valence-electron chi connectivity index (χ2n) is 7.58. The van der Waals surface area contributed by atoms with Gasteiger partial charge in [0.05, 0.1) is 33.1 Å². The van der Waals surface area contributed by atoms with E-state index in [1.807, 2.05) is 65.6 Å². The van der Waals surface area contributed by atoms with E-state index in [9.17, 15) is 4.79 Å². The third kappa shape index (κ3) is 4.21. The predicted molar refractivity (Wildman–Crippen MR) is 120 cm³/mol. The van der Waals surface area contributed by atoms with Crippen molar-refractivity contribution < 1.29 is 14.3 Å². The minimum absolute atomic E-state index is 0.0161. The molecule has 2 aromatic carbocycles. The standard InChI is InChI=1S/C24H28N4O3/c1-4-26(15-19-9-10-21(30-2)14-23(19)31-3)24(29)28-16-20(27-12-11-25-17-27)13-18-7-5-6-8-22(18)28/h5-12,14,17,20H,4,13,15-16H2,1-3H3/t20-/m1/s1. The van der Waals surface area contributed by atoms with Crippen LogP contribution in [0.25, 0.3) is 0 Å². The number of methoxy groups -OCH3 is 2. The van der Waals surface area contributed by atoms with E-state index in [-0.39, 0.29) is 12.1 Å². The lowest BCUT2D eigenvalue weighted by molar-refractivity contribution is 0.202. The van der Waals surface area contributed by atoms with Crippen molar-refractivity contribution in [2.24, 2.45) is 0 Å². The molecule has 0 saturated heterocycles. The van der Waals surface area contributed by atoms with Crippen LogP contribution in [0.4, 0.5) is 10.5 Å². The molecule has 0 unspecified atom stereocenters. The molecule has 0 fully saturated rings. The van der Waals surface area contributed by atoms with Gasteiger partial charge in [0, 0.05) is 42.8 Å². The molecule has 0 aliphatic carbocycles. The molecular formula is C24H28N4O3. The fourth-order valence-electron chi connectivity index (χ4n) is 4.11. The number of nitrogens with zero attached hydrogens (tertiary/aromatic N) is 4. The van der Waals surface area contributed by atoms with Gasteiger partial charge in [-0.25, -0.2) is 9.78 Å². The minimum Gasteiger partial charge on any atom is -0.497 e. The summed E-state index contributed by atoms with van der Waals surface area (Å²) in [4.78, 5) is 21.6. The Morgan fingerprint density at radius 2 is 2.03 bits per heavy atom. The number of urea groups is 1. The van der Waals surface area contributed by atoms with Crippen LogP contribution in [0.5, 0.6) is 11.5 Å². The summed E-state index contributed by atoms with van der Waals surface area (Å²) in [6.45, 7) is 3.64. The summed E-state index contributed by atoms with van der Waals surface area (Å²) < 4.78 is 12.9. The molecule has 0 bridgehead atoms. The number of para-hydroxylation sites is 1. The van der Waals surface area contributed by atoms with Crippen molar-refractivity contribution in [1.29, 1.82) is 0 Å². The van der Waals surface area contributed by atoms with Gasteiger partial charge in [-0.05, 0) is 37.1 Å². The van der Waals surface area contributed by atoms with Crippen LogP contribution in [-0.2, 0) is 13.0 Å². The van der Waals surface area contributed by atoms with Gasteiger partial charge in [-0.2, -0.15) is 0 Å². The summed E-state index contributed by atoms with van der Waals surface area (Å²) in [5.41, 5.74) is 3.08. The van der Waals surface area contributed by atoms with Crippen LogP contribution in [0.2, 0.25) is 0 Å². The van der Waals surface area contributed by atoms with E-state index in [0.29, 0.717) is 25.4 Å². The lowest BCUT2D eigenvalue weighted by Crippen LogP contribution is -2.47. The molecule has 0 radical (unpaired) electrons. The molecular weight excluding hydrogens is 392 g/mol. The van der Waals surface area contributed by atoms with Crippen LogP contribution in [0.3, 0.4) is 0 Å². The Hall–Kier alpha value is -3.48. The third-order valence-electron chi connectivity index (χ3n) is 5.82. The number of hydrogen-bond acceptors (Lipinski definition) is 4. The maximum absolute atomic E-state index is 13.7. The Labute approximate surface area is 182 Å². The van der Waals surface area contributed by atoms with E-state index < -0.39 is 0 Å². The first-order valence-corrected chi connectivity index (χ1v) is 10.5. The number of carbonyl (C=O) groups excluding carboxylic acids is 1. The number of ether oxygens (including phenoxy) is 2. The summed E-state index contributed by atoms with van der Waals surface area (Å²) >= 11 is 0. The van der Waals surface area contributed by atoms with Crippen molar-refractivity contribution in [3.05, 3.63) is 72.3 Å². The zero-order chi connectivity index (χ0) is 21.8. The average molecular weight is 421 g/mol. The number of hydrogen-bond donors (Lipinski definition) is 0. The van der Waals surface area contributed by atoms with E-state index in [2.05, 4.69) is 15.6 Å².